The number of ether oxygens (including phenoxy) is 1. The number of nitrogens with one attached hydrogen (secondary N) is 1. The van der Waals surface area contributed by atoms with Crippen LogP contribution in [0.3, 0.4) is 0 Å². The van der Waals surface area contributed by atoms with E-state index in [2.05, 4.69) is 9.82 Å². The molecule has 0 atom stereocenters. The quantitative estimate of drug-likeness (QED) is 0.299. The Morgan fingerprint density at radius 2 is 1.82 bits per heavy atom. The number of likely N-dealkylation sites (tertiary alicyclic amines) is 1. The van der Waals surface area contributed by atoms with E-state index in [4.69, 9.17) is 4.74 Å². The molecule has 0 bridgehead atoms. The van der Waals surface area contributed by atoms with Crippen LogP contribution in [0.15, 0.2) is 41.3 Å². The third kappa shape index (κ3) is 5.96. The van der Waals surface area contributed by atoms with Crippen molar-refractivity contribution in [3.8, 4) is 17.3 Å². The van der Waals surface area contributed by atoms with E-state index in [1.165, 1.54) is 16.8 Å². The molecular formula is C27H33N5O6S. The first-order valence-corrected chi connectivity index (χ1v) is 14.3. The summed E-state index contributed by atoms with van der Waals surface area (Å²) in [6.07, 6.45) is 1.83. The SMILES string of the molecule is Cc1ccc(C)c(-n2nc(C(=O)N3CCCC3)c(C)c2Oc2ccc([N+](=O)[O-])cc2S(=O)(=O)NCC(C)C)c1. The predicted molar refractivity (Wildman–Crippen MR) is 146 cm³/mol. The molecule has 0 spiro atoms. The average molecular weight is 556 g/mol. The normalized spacial score (nSPS) is 13.7. The van der Waals surface area contributed by atoms with E-state index in [-0.39, 0.29) is 40.6 Å². The number of sulfonamides is 1. The summed E-state index contributed by atoms with van der Waals surface area (Å²) in [5.41, 5.74) is 2.73. The Kier molecular flexibility index (Phi) is 8.07. The van der Waals surface area contributed by atoms with Gasteiger partial charge < -0.3 is 9.64 Å². The Morgan fingerprint density at radius 1 is 1.13 bits per heavy atom. The van der Waals surface area contributed by atoms with Crippen LogP contribution in [0.25, 0.3) is 5.69 Å². The second-order valence-electron chi connectivity index (χ2n) is 10.2. The Labute approximate surface area is 228 Å². The van der Waals surface area contributed by atoms with Gasteiger partial charge in [0.05, 0.1) is 10.6 Å². The molecule has 0 unspecified atom stereocenters. The summed E-state index contributed by atoms with van der Waals surface area (Å²) in [5.74, 6) is -0.184. The number of non-ortho nitro benzene ring substituents is 1. The summed E-state index contributed by atoms with van der Waals surface area (Å²) in [5, 5.41) is 16.1. The molecule has 0 radical (unpaired) electrons. The zero-order chi connectivity index (χ0) is 28.5. The van der Waals surface area contributed by atoms with Gasteiger partial charge in [0.25, 0.3) is 11.6 Å². The van der Waals surface area contributed by atoms with Crippen LogP contribution in [-0.2, 0) is 10.0 Å². The first-order valence-electron chi connectivity index (χ1n) is 12.8. The van der Waals surface area contributed by atoms with Gasteiger partial charge in [0, 0.05) is 37.3 Å². The highest BCUT2D eigenvalue weighted by Crippen LogP contribution is 2.36. The lowest BCUT2D eigenvalue weighted by Gasteiger charge is -2.16. The molecule has 0 aliphatic carbocycles. The number of nitro benzene ring substituents is 1. The first-order chi connectivity index (χ1) is 18.4. The minimum atomic E-state index is -4.17. The maximum atomic E-state index is 13.4. The van der Waals surface area contributed by atoms with Crippen molar-refractivity contribution in [1.29, 1.82) is 0 Å². The van der Waals surface area contributed by atoms with E-state index >= 15 is 0 Å². The topological polar surface area (TPSA) is 137 Å². The van der Waals surface area contributed by atoms with Gasteiger partial charge >= 0.3 is 0 Å². The lowest BCUT2D eigenvalue weighted by Crippen LogP contribution is -2.28. The van der Waals surface area contributed by atoms with Crippen molar-refractivity contribution in [1.82, 2.24) is 19.4 Å². The van der Waals surface area contributed by atoms with Crippen LogP contribution in [0.1, 0.15) is 53.9 Å². The van der Waals surface area contributed by atoms with E-state index in [0.29, 0.717) is 24.3 Å². The lowest BCUT2D eigenvalue weighted by molar-refractivity contribution is -0.385. The standard InChI is InChI=1S/C27H33N5O6S/c1-17(2)16-28-39(36,37)24-15-21(32(34)35)10-11-23(24)38-27-20(5)25(26(33)30-12-6-7-13-30)29-31(27)22-14-18(3)8-9-19(22)4/h8-11,14-15,17,28H,6-7,12-13,16H2,1-5H3. The van der Waals surface area contributed by atoms with Crippen molar-refractivity contribution < 1.29 is 22.9 Å². The highest BCUT2D eigenvalue weighted by Gasteiger charge is 2.30. The fourth-order valence-corrected chi connectivity index (χ4v) is 5.71. The van der Waals surface area contributed by atoms with E-state index in [9.17, 15) is 23.3 Å². The largest absolute Gasteiger partial charge is 0.437 e. The Morgan fingerprint density at radius 3 is 2.46 bits per heavy atom. The third-order valence-corrected chi connectivity index (χ3v) is 8.02. The Hall–Kier alpha value is -3.77. The molecule has 3 aromatic rings. The molecule has 1 saturated heterocycles. The minimum absolute atomic E-state index is 0.00923. The molecule has 0 saturated carbocycles. The second-order valence-corrected chi connectivity index (χ2v) is 12.0. The molecule has 12 heteroatoms. The van der Waals surface area contributed by atoms with E-state index in [1.807, 2.05) is 45.9 Å². The number of carbonyl (C=O) groups is 1. The zero-order valence-electron chi connectivity index (χ0n) is 22.7. The van der Waals surface area contributed by atoms with Crippen LogP contribution in [0.4, 0.5) is 5.69 Å². The molecule has 4 rings (SSSR count). The molecule has 1 aliphatic heterocycles. The summed E-state index contributed by atoms with van der Waals surface area (Å²) < 4.78 is 36.7. The van der Waals surface area contributed by atoms with Crippen molar-refractivity contribution in [3.63, 3.8) is 0 Å². The van der Waals surface area contributed by atoms with E-state index < -0.39 is 20.6 Å². The molecule has 208 valence electrons. The summed E-state index contributed by atoms with van der Waals surface area (Å²) >= 11 is 0. The van der Waals surface area contributed by atoms with Gasteiger partial charge in [-0.25, -0.2) is 13.1 Å². The van der Waals surface area contributed by atoms with Gasteiger partial charge in [-0.05, 0) is 62.8 Å². The predicted octanol–water partition coefficient (Wildman–Crippen LogP) is 4.67. The van der Waals surface area contributed by atoms with Crippen LogP contribution in [0, 0.1) is 36.8 Å². The fourth-order valence-electron chi connectivity index (χ4n) is 4.35. The molecule has 1 N–H and O–H groups in total. The number of hydrogen-bond acceptors (Lipinski definition) is 7. The first kappa shape index (κ1) is 28.2. The van der Waals surface area contributed by atoms with Crippen LogP contribution < -0.4 is 9.46 Å². The summed E-state index contributed by atoms with van der Waals surface area (Å²) in [6.45, 7) is 10.6. The van der Waals surface area contributed by atoms with E-state index in [0.717, 1.165) is 30.0 Å². The van der Waals surface area contributed by atoms with Crippen molar-refractivity contribution in [3.05, 3.63) is 68.9 Å². The van der Waals surface area contributed by atoms with Gasteiger partial charge in [-0.1, -0.05) is 26.0 Å². The van der Waals surface area contributed by atoms with Crippen molar-refractivity contribution in [2.75, 3.05) is 19.6 Å². The van der Waals surface area contributed by atoms with Crippen molar-refractivity contribution >= 4 is 21.6 Å². The van der Waals surface area contributed by atoms with Crippen LogP contribution in [0.2, 0.25) is 0 Å². The van der Waals surface area contributed by atoms with Crippen molar-refractivity contribution in [2.45, 2.75) is 52.4 Å². The average Bonchev–Trinajstić information content (AvgIpc) is 3.53. The maximum Gasteiger partial charge on any atom is 0.274 e. The number of hydrogen-bond donors (Lipinski definition) is 1. The smallest absolute Gasteiger partial charge is 0.274 e. The number of nitrogens with zero attached hydrogens (tertiary/aromatic N) is 4. The molecule has 1 amide bonds. The number of aromatic nitrogens is 2. The molecular weight excluding hydrogens is 522 g/mol. The third-order valence-electron chi connectivity index (χ3n) is 6.57. The van der Waals surface area contributed by atoms with Gasteiger partial charge in [-0.3, -0.25) is 14.9 Å². The van der Waals surface area contributed by atoms with Gasteiger partial charge in [0.1, 0.15) is 10.6 Å². The lowest BCUT2D eigenvalue weighted by atomic mass is 10.1. The number of nitro groups is 1. The summed E-state index contributed by atoms with van der Waals surface area (Å²) in [4.78, 5) is 25.6. The highest BCUT2D eigenvalue weighted by atomic mass is 32.2. The molecule has 1 aliphatic rings. The van der Waals surface area contributed by atoms with Gasteiger partial charge in [0.15, 0.2) is 5.69 Å². The second kappa shape index (κ2) is 11.1. The van der Waals surface area contributed by atoms with Gasteiger partial charge in [0.2, 0.25) is 15.9 Å². The Balaban J connectivity index is 1.88. The number of amides is 1. The minimum Gasteiger partial charge on any atom is -0.437 e. The molecule has 1 aromatic heterocycles. The number of benzene rings is 2. The Bertz CT molecular complexity index is 1520. The molecule has 39 heavy (non-hydrogen) atoms. The zero-order valence-corrected chi connectivity index (χ0v) is 23.5. The molecule has 2 aromatic carbocycles. The summed E-state index contributed by atoms with van der Waals surface area (Å²) in [6, 6.07) is 9.18. The molecule has 11 nitrogen and oxygen atoms in total. The van der Waals surface area contributed by atoms with Crippen LogP contribution in [0.5, 0.6) is 11.6 Å². The molecule has 1 fully saturated rings. The number of carbonyl (C=O) groups excluding carboxylic acids is 1. The monoisotopic (exact) mass is 555 g/mol. The van der Waals surface area contributed by atoms with Crippen LogP contribution in [-0.4, -0.2) is 53.6 Å². The fraction of sp³-hybridized carbons (Fsp3) is 0.407. The van der Waals surface area contributed by atoms with Gasteiger partial charge in [-0.15, -0.1) is 0 Å². The van der Waals surface area contributed by atoms with Crippen molar-refractivity contribution in [2.24, 2.45) is 5.92 Å². The summed E-state index contributed by atoms with van der Waals surface area (Å²) in [7, 11) is -4.17. The number of rotatable bonds is 9. The van der Waals surface area contributed by atoms with E-state index in [1.54, 1.807) is 11.8 Å². The van der Waals surface area contributed by atoms with Gasteiger partial charge in [-0.2, -0.15) is 9.78 Å². The van der Waals surface area contributed by atoms with Crippen LogP contribution >= 0.6 is 0 Å². The number of aryl methyl sites for hydroxylation is 2. The molecule has 2 heterocycles. The highest BCUT2D eigenvalue weighted by molar-refractivity contribution is 7.89. The maximum absolute atomic E-state index is 13.4.